The Morgan fingerprint density at radius 3 is 2.52 bits per heavy atom. The molecule has 5 atom stereocenters. The van der Waals surface area contributed by atoms with E-state index < -0.39 is 28.8 Å². The molecule has 0 aromatic carbocycles. The lowest BCUT2D eigenvalue weighted by Crippen LogP contribution is -2.72. The monoisotopic (exact) mass is 432 g/mol. The van der Waals surface area contributed by atoms with Crippen LogP contribution in [-0.2, 0) is 23.7 Å². The summed E-state index contributed by atoms with van der Waals surface area (Å²) in [6.07, 6.45) is 3.19. The molecule has 2 rings (SSSR count). The number of carbonyl (C=O) groups excluding carboxylic acids is 1. The number of ether oxygens (including phenoxy) is 4. The van der Waals surface area contributed by atoms with Crippen molar-refractivity contribution in [2.75, 3.05) is 26.7 Å². The quantitative estimate of drug-likeness (QED) is 0.246. The van der Waals surface area contributed by atoms with Crippen molar-refractivity contribution in [3.8, 4) is 0 Å². The standard InChI is InChI=1S/C22H37ClO6/c1-15(2)9-10-17(26-5)20(3,4)22(25)19(27-6)16(11-12-21(22)14-28-21)29-18(24)8-7-13-23/h9,16-17,19,25H,7-8,10-14H2,1-6H3/t16-,17-,19-,21+,22+/m1/s1. The molecule has 29 heavy (non-hydrogen) atoms. The van der Waals surface area contributed by atoms with Gasteiger partial charge in [-0.1, -0.05) is 25.5 Å². The van der Waals surface area contributed by atoms with Crippen molar-refractivity contribution in [3.63, 3.8) is 0 Å². The van der Waals surface area contributed by atoms with E-state index in [0.29, 0.717) is 38.2 Å². The van der Waals surface area contributed by atoms with Gasteiger partial charge >= 0.3 is 5.97 Å². The van der Waals surface area contributed by atoms with Crippen LogP contribution in [0.2, 0.25) is 0 Å². The van der Waals surface area contributed by atoms with Gasteiger partial charge < -0.3 is 24.1 Å². The Balaban J connectivity index is 2.35. The Bertz CT molecular complexity index is 596. The molecule has 2 aliphatic rings. The number of carbonyl (C=O) groups is 1. The molecule has 0 radical (unpaired) electrons. The van der Waals surface area contributed by atoms with Crippen LogP contribution in [0.4, 0.5) is 0 Å². The highest BCUT2D eigenvalue weighted by Gasteiger charge is 2.74. The van der Waals surface area contributed by atoms with E-state index >= 15 is 0 Å². The van der Waals surface area contributed by atoms with E-state index in [1.54, 1.807) is 14.2 Å². The molecule has 1 aliphatic heterocycles. The lowest BCUT2D eigenvalue weighted by Gasteiger charge is -2.56. The lowest BCUT2D eigenvalue weighted by molar-refractivity contribution is -0.267. The predicted octanol–water partition coefficient (Wildman–Crippen LogP) is 3.62. The van der Waals surface area contributed by atoms with Crippen LogP contribution in [0.15, 0.2) is 11.6 Å². The first kappa shape index (κ1) is 24.6. The van der Waals surface area contributed by atoms with Gasteiger partial charge in [-0.3, -0.25) is 4.79 Å². The fourth-order valence-corrected chi connectivity index (χ4v) is 4.94. The van der Waals surface area contributed by atoms with Gasteiger partial charge in [-0.15, -0.1) is 11.6 Å². The number of hydrogen-bond donors (Lipinski definition) is 1. The Kier molecular flexibility index (Phi) is 8.19. The zero-order valence-corrected chi connectivity index (χ0v) is 19.4. The number of halogens is 1. The van der Waals surface area contributed by atoms with Crippen molar-refractivity contribution in [2.45, 2.75) is 89.3 Å². The summed E-state index contributed by atoms with van der Waals surface area (Å²) < 4.78 is 23.2. The van der Waals surface area contributed by atoms with E-state index in [1.807, 2.05) is 27.7 Å². The van der Waals surface area contributed by atoms with Crippen LogP contribution < -0.4 is 0 Å². The minimum absolute atomic E-state index is 0.251. The number of alkyl halides is 1. The maximum absolute atomic E-state index is 12.3. The SMILES string of the molecule is CO[C@@H]1[C@H](OC(=O)CCCCl)CC[C@]2(CO2)[C@@]1(O)C(C)(C)[C@@H](CC=C(C)C)OC. The number of epoxide rings is 1. The second-order valence-corrected chi connectivity index (χ2v) is 9.41. The third-order valence-corrected chi connectivity index (χ3v) is 6.90. The molecule has 0 aromatic heterocycles. The van der Waals surface area contributed by atoms with Gasteiger partial charge in [0.25, 0.3) is 0 Å². The fourth-order valence-electron chi connectivity index (χ4n) is 4.81. The Morgan fingerprint density at radius 2 is 2.03 bits per heavy atom. The van der Waals surface area contributed by atoms with Crippen molar-refractivity contribution in [1.82, 2.24) is 0 Å². The summed E-state index contributed by atoms with van der Waals surface area (Å²) in [5, 5.41) is 12.2. The summed E-state index contributed by atoms with van der Waals surface area (Å²) in [4.78, 5) is 12.3. The number of allylic oxidation sites excluding steroid dienone is 1. The van der Waals surface area contributed by atoms with Gasteiger partial charge in [0.2, 0.25) is 0 Å². The maximum Gasteiger partial charge on any atom is 0.306 e. The van der Waals surface area contributed by atoms with E-state index in [9.17, 15) is 9.90 Å². The molecule has 1 spiro atoms. The van der Waals surface area contributed by atoms with Crippen LogP contribution in [0.3, 0.4) is 0 Å². The van der Waals surface area contributed by atoms with Gasteiger partial charge in [-0.2, -0.15) is 0 Å². The van der Waals surface area contributed by atoms with Crippen LogP contribution in [0, 0.1) is 5.41 Å². The van der Waals surface area contributed by atoms with Crippen LogP contribution in [0.5, 0.6) is 0 Å². The number of hydrogen-bond acceptors (Lipinski definition) is 6. The zero-order valence-electron chi connectivity index (χ0n) is 18.6. The molecule has 2 fully saturated rings. The third kappa shape index (κ3) is 4.67. The first-order chi connectivity index (χ1) is 13.6. The number of methoxy groups -OCH3 is 2. The highest BCUT2D eigenvalue weighted by molar-refractivity contribution is 6.17. The number of aliphatic hydroxyl groups is 1. The molecule has 1 N–H and O–H groups in total. The first-order valence-electron chi connectivity index (χ1n) is 10.4. The van der Waals surface area contributed by atoms with E-state index in [2.05, 4.69) is 6.08 Å². The van der Waals surface area contributed by atoms with Crippen molar-refractivity contribution < 1.29 is 28.8 Å². The van der Waals surface area contributed by atoms with Crippen molar-refractivity contribution in [2.24, 2.45) is 5.41 Å². The van der Waals surface area contributed by atoms with E-state index in [-0.39, 0.29) is 18.5 Å². The van der Waals surface area contributed by atoms with Crippen molar-refractivity contribution in [1.29, 1.82) is 0 Å². The van der Waals surface area contributed by atoms with Crippen LogP contribution >= 0.6 is 11.6 Å². The molecule has 0 amide bonds. The molecule has 1 aliphatic carbocycles. The van der Waals surface area contributed by atoms with Gasteiger partial charge in [0.15, 0.2) is 0 Å². The van der Waals surface area contributed by atoms with Gasteiger partial charge in [0.1, 0.15) is 23.4 Å². The molecule has 7 heteroatoms. The highest BCUT2D eigenvalue weighted by Crippen LogP contribution is 2.59. The molecule has 0 aromatic rings. The van der Waals surface area contributed by atoms with E-state index in [0.717, 1.165) is 0 Å². The number of esters is 1. The van der Waals surface area contributed by atoms with Crippen LogP contribution in [-0.4, -0.2) is 67.3 Å². The molecule has 0 unspecified atom stereocenters. The Morgan fingerprint density at radius 1 is 1.38 bits per heavy atom. The van der Waals surface area contributed by atoms with Crippen molar-refractivity contribution in [3.05, 3.63) is 11.6 Å². The smallest absolute Gasteiger partial charge is 0.306 e. The van der Waals surface area contributed by atoms with Crippen molar-refractivity contribution >= 4 is 17.6 Å². The van der Waals surface area contributed by atoms with E-state index in [1.165, 1.54) is 5.57 Å². The average Bonchev–Trinajstić information content (AvgIpc) is 3.44. The molecule has 0 bridgehead atoms. The number of rotatable bonds is 10. The molecule has 1 saturated heterocycles. The molecule has 168 valence electrons. The largest absolute Gasteiger partial charge is 0.459 e. The average molecular weight is 433 g/mol. The van der Waals surface area contributed by atoms with Crippen LogP contribution in [0.25, 0.3) is 0 Å². The topological polar surface area (TPSA) is 77.5 Å². The normalized spacial score (nSPS) is 32.7. The summed E-state index contributed by atoms with van der Waals surface area (Å²) in [5.74, 6) is 0.0831. The molecule has 1 saturated carbocycles. The fraction of sp³-hybridized carbons (Fsp3) is 0.864. The summed E-state index contributed by atoms with van der Waals surface area (Å²) >= 11 is 5.69. The summed E-state index contributed by atoms with van der Waals surface area (Å²) in [6.45, 7) is 8.49. The second-order valence-electron chi connectivity index (χ2n) is 9.03. The molecule has 6 nitrogen and oxygen atoms in total. The second kappa shape index (κ2) is 9.65. The van der Waals surface area contributed by atoms with Gasteiger partial charge in [0, 0.05) is 31.9 Å². The minimum Gasteiger partial charge on any atom is -0.459 e. The summed E-state index contributed by atoms with van der Waals surface area (Å²) in [7, 11) is 3.20. The highest BCUT2D eigenvalue weighted by atomic mass is 35.5. The maximum atomic E-state index is 12.3. The third-order valence-electron chi connectivity index (χ3n) is 6.63. The molecule has 1 heterocycles. The Labute approximate surface area is 179 Å². The van der Waals surface area contributed by atoms with Crippen LogP contribution in [0.1, 0.15) is 59.8 Å². The van der Waals surface area contributed by atoms with Gasteiger partial charge in [0.05, 0.1) is 12.7 Å². The Hall–Kier alpha value is -0.660. The summed E-state index contributed by atoms with van der Waals surface area (Å²) in [6, 6.07) is 0. The zero-order chi connectivity index (χ0) is 21.9. The van der Waals surface area contributed by atoms with Gasteiger partial charge in [-0.05, 0) is 39.5 Å². The lowest BCUT2D eigenvalue weighted by atomic mass is 9.56. The van der Waals surface area contributed by atoms with Gasteiger partial charge in [-0.25, -0.2) is 0 Å². The predicted molar refractivity (Wildman–Crippen MR) is 112 cm³/mol. The molecular formula is C22H37ClO6. The minimum atomic E-state index is -1.39. The summed E-state index contributed by atoms with van der Waals surface area (Å²) in [5.41, 5.74) is -1.64. The molecular weight excluding hydrogens is 396 g/mol. The van der Waals surface area contributed by atoms with E-state index in [4.69, 9.17) is 30.5 Å². The first-order valence-corrected chi connectivity index (χ1v) is 10.9.